The zero-order valence-corrected chi connectivity index (χ0v) is 17.9. The number of hydrogen-bond acceptors (Lipinski definition) is 4. The van der Waals surface area contributed by atoms with Gasteiger partial charge in [-0.25, -0.2) is 0 Å². The highest BCUT2D eigenvalue weighted by atomic mass is 16.3. The number of amides is 2. The first-order valence-corrected chi connectivity index (χ1v) is 11.0. The number of nitrogens with one attached hydrogen (secondary N) is 2. The molecular formula is C26H25N3O3. The fraction of sp³-hybridized carbons (Fsp3) is 0.231. The molecule has 3 aromatic rings. The predicted octanol–water partition coefficient (Wildman–Crippen LogP) is 4.61. The first-order chi connectivity index (χ1) is 15.6. The Morgan fingerprint density at radius 1 is 1.19 bits per heavy atom. The van der Waals surface area contributed by atoms with Crippen molar-refractivity contribution in [2.75, 3.05) is 18.4 Å². The molecule has 0 aliphatic carbocycles. The van der Waals surface area contributed by atoms with E-state index in [0.717, 1.165) is 48.3 Å². The molecule has 5 rings (SSSR count). The average Bonchev–Trinajstić information content (AvgIpc) is 3.53. The van der Waals surface area contributed by atoms with Crippen molar-refractivity contribution in [2.45, 2.75) is 25.9 Å². The van der Waals surface area contributed by atoms with Crippen molar-refractivity contribution >= 4 is 29.2 Å². The summed E-state index contributed by atoms with van der Waals surface area (Å²) in [5.74, 6) is 0.374. The van der Waals surface area contributed by atoms with Crippen LogP contribution in [0, 0.1) is 0 Å². The van der Waals surface area contributed by atoms with Crippen LogP contribution in [0.5, 0.6) is 0 Å². The van der Waals surface area contributed by atoms with Gasteiger partial charge in [0, 0.05) is 28.9 Å². The smallest absolute Gasteiger partial charge is 0.256 e. The van der Waals surface area contributed by atoms with E-state index < -0.39 is 0 Å². The highest BCUT2D eigenvalue weighted by Crippen LogP contribution is 2.33. The van der Waals surface area contributed by atoms with Crippen molar-refractivity contribution in [1.29, 1.82) is 0 Å². The number of benzene rings is 2. The molecule has 1 aromatic heterocycles. The van der Waals surface area contributed by atoms with E-state index >= 15 is 0 Å². The normalized spacial score (nSPS) is 19.2. The van der Waals surface area contributed by atoms with Crippen LogP contribution < -0.4 is 10.6 Å². The van der Waals surface area contributed by atoms with Crippen LogP contribution in [-0.4, -0.2) is 36.0 Å². The summed E-state index contributed by atoms with van der Waals surface area (Å²) in [5, 5.41) is 6.02. The standard InChI is InChI=1S/C26H25N3O3/c1-2-29-12-6-11-24(29)28-25(30)18-8-5-7-17(13-18)19-14-20(32-16-19)15-22-21-9-3-4-10-23(21)27-26(22)31/h3-5,7-10,13-16,24H,2,6,11-12H2,1H3,(H,27,31)(H,28,30). The van der Waals surface area contributed by atoms with Crippen LogP contribution in [0.15, 0.2) is 65.3 Å². The zero-order valence-electron chi connectivity index (χ0n) is 17.9. The predicted molar refractivity (Wildman–Crippen MR) is 125 cm³/mol. The van der Waals surface area contributed by atoms with Crippen LogP contribution >= 0.6 is 0 Å². The van der Waals surface area contributed by atoms with Crippen molar-refractivity contribution in [3.05, 3.63) is 77.7 Å². The molecule has 2 aliphatic heterocycles. The maximum Gasteiger partial charge on any atom is 0.256 e. The summed E-state index contributed by atoms with van der Waals surface area (Å²) >= 11 is 0. The third-order valence-electron chi connectivity index (χ3n) is 6.14. The highest BCUT2D eigenvalue weighted by molar-refractivity contribution is 6.34. The maximum absolute atomic E-state index is 12.8. The molecule has 2 aliphatic rings. The quantitative estimate of drug-likeness (QED) is 0.583. The number of hydrogen-bond donors (Lipinski definition) is 2. The summed E-state index contributed by atoms with van der Waals surface area (Å²) in [6, 6.07) is 17.0. The molecular weight excluding hydrogens is 402 g/mol. The van der Waals surface area contributed by atoms with Crippen LogP contribution in [0.3, 0.4) is 0 Å². The number of para-hydroxylation sites is 1. The third-order valence-corrected chi connectivity index (χ3v) is 6.14. The van der Waals surface area contributed by atoms with Gasteiger partial charge >= 0.3 is 0 Å². The monoisotopic (exact) mass is 427 g/mol. The Morgan fingerprint density at radius 3 is 2.94 bits per heavy atom. The number of carbonyl (C=O) groups excluding carboxylic acids is 2. The molecule has 2 amide bonds. The van der Waals surface area contributed by atoms with E-state index in [9.17, 15) is 9.59 Å². The maximum atomic E-state index is 12.8. The Morgan fingerprint density at radius 2 is 2.06 bits per heavy atom. The van der Waals surface area contributed by atoms with Crippen molar-refractivity contribution in [3.8, 4) is 11.1 Å². The molecule has 0 bridgehead atoms. The van der Waals surface area contributed by atoms with E-state index in [1.165, 1.54) is 0 Å². The SMILES string of the molecule is CCN1CCCC1NC(=O)c1cccc(-c2coc(C=C3C(=O)Nc4ccccc43)c2)c1. The zero-order chi connectivity index (χ0) is 22.1. The van der Waals surface area contributed by atoms with Crippen LogP contribution in [0.4, 0.5) is 5.69 Å². The van der Waals surface area contributed by atoms with E-state index in [-0.39, 0.29) is 18.0 Å². The first kappa shape index (κ1) is 20.3. The lowest BCUT2D eigenvalue weighted by molar-refractivity contribution is -0.110. The summed E-state index contributed by atoms with van der Waals surface area (Å²) in [6.45, 7) is 4.07. The second kappa shape index (κ2) is 8.48. The van der Waals surface area contributed by atoms with Crippen molar-refractivity contribution in [3.63, 3.8) is 0 Å². The van der Waals surface area contributed by atoms with Crippen molar-refractivity contribution in [1.82, 2.24) is 10.2 Å². The Balaban J connectivity index is 1.36. The molecule has 2 N–H and O–H groups in total. The van der Waals surface area contributed by atoms with Gasteiger partial charge < -0.3 is 15.1 Å². The summed E-state index contributed by atoms with van der Waals surface area (Å²) in [7, 11) is 0. The average molecular weight is 428 g/mol. The Labute approximate surface area is 186 Å². The summed E-state index contributed by atoms with van der Waals surface area (Å²) in [6.07, 6.45) is 5.59. The second-order valence-corrected chi connectivity index (χ2v) is 8.14. The Hall–Kier alpha value is -3.64. The Kier molecular flexibility index (Phi) is 5.37. The minimum absolute atomic E-state index is 0.0673. The third kappa shape index (κ3) is 3.85. The fourth-order valence-corrected chi connectivity index (χ4v) is 4.45. The van der Waals surface area contributed by atoms with Gasteiger partial charge in [0.15, 0.2) is 0 Å². The minimum Gasteiger partial charge on any atom is -0.464 e. The van der Waals surface area contributed by atoms with Gasteiger partial charge in [0.25, 0.3) is 11.8 Å². The van der Waals surface area contributed by atoms with Gasteiger partial charge in [0.1, 0.15) is 5.76 Å². The van der Waals surface area contributed by atoms with Gasteiger partial charge in [-0.15, -0.1) is 0 Å². The molecule has 1 fully saturated rings. The van der Waals surface area contributed by atoms with Crippen molar-refractivity contribution in [2.24, 2.45) is 0 Å². The fourth-order valence-electron chi connectivity index (χ4n) is 4.45. The van der Waals surface area contributed by atoms with Gasteiger partial charge in [-0.1, -0.05) is 37.3 Å². The summed E-state index contributed by atoms with van der Waals surface area (Å²) in [5.41, 5.74) is 4.61. The highest BCUT2D eigenvalue weighted by Gasteiger charge is 2.25. The van der Waals surface area contributed by atoms with E-state index in [1.54, 1.807) is 12.3 Å². The molecule has 6 nitrogen and oxygen atoms in total. The van der Waals surface area contributed by atoms with Gasteiger partial charge in [-0.05, 0) is 55.3 Å². The van der Waals surface area contributed by atoms with Gasteiger partial charge in [0.2, 0.25) is 0 Å². The molecule has 6 heteroatoms. The molecule has 32 heavy (non-hydrogen) atoms. The van der Waals surface area contributed by atoms with Crippen molar-refractivity contribution < 1.29 is 14.0 Å². The number of carbonyl (C=O) groups is 2. The van der Waals surface area contributed by atoms with Gasteiger partial charge in [-0.2, -0.15) is 0 Å². The molecule has 2 aromatic carbocycles. The minimum atomic E-state index is -0.143. The number of anilines is 1. The van der Waals surface area contributed by atoms with E-state index in [4.69, 9.17) is 4.42 Å². The number of fused-ring (bicyclic) bond motifs is 1. The molecule has 0 spiro atoms. The van der Waals surface area contributed by atoms with E-state index in [2.05, 4.69) is 22.5 Å². The number of rotatable bonds is 5. The molecule has 3 heterocycles. The van der Waals surface area contributed by atoms with Gasteiger partial charge in [0.05, 0.1) is 18.0 Å². The lowest BCUT2D eigenvalue weighted by Crippen LogP contribution is -2.44. The number of furan rings is 1. The van der Waals surface area contributed by atoms with E-state index in [1.807, 2.05) is 54.6 Å². The first-order valence-electron chi connectivity index (χ1n) is 11.0. The Bertz CT molecular complexity index is 1210. The van der Waals surface area contributed by atoms with Crippen LogP contribution in [0.1, 0.15) is 41.4 Å². The van der Waals surface area contributed by atoms with Crippen LogP contribution in [-0.2, 0) is 4.79 Å². The lowest BCUT2D eigenvalue weighted by Gasteiger charge is -2.23. The topological polar surface area (TPSA) is 74.6 Å². The summed E-state index contributed by atoms with van der Waals surface area (Å²) < 4.78 is 5.72. The molecule has 162 valence electrons. The molecule has 0 radical (unpaired) electrons. The van der Waals surface area contributed by atoms with Gasteiger partial charge in [-0.3, -0.25) is 14.5 Å². The second-order valence-electron chi connectivity index (χ2n) is 8.14. The largest absolute Gasteiger partial charge is 0.464 e. The van der Waals surface area contributed by atoms with E-state index in [0.29, 0.717) is 16.9 Å². The van der Waals surface area contributed by atoms with Crippen LogP contribution in [0.25, 0.3) is 22.8 Å². The summed E-state index contributed by atoms with van der Waals surface area (Å²) in [4.78, 5) is 27.5. The lowest BCUT2D eigenvalue weighted by atomic mass is 10.0. The molecule has 1 atom stereocenters. The molecule has 1 saturated heterocycles. The number of nitrogens with zero attached hydrogens (tertiary/aromatic N) is 1. The molecule has 0 saturated carbocycles. The van der Waals surface area contributed by atoms with Crippen LogP contribution in [0.2, 0.25) is 0 Å². The number of likely N-dealkylation sites (tertiary alicyclic amines) is 1. The molecule has 1 unspecified atom stereocenters.